The molecular formula is C20H24F2N2O4S. The second-order valence-electron chi connectivity index (χ2n) is 6.38. The lowest BCUT2D eigenvalue weighted by atomic mass is 10.1. The van der Waals surface area contributed by atoms with Gasteiger partial charge in [-0.3, -0.25) is 4.90 Å². The number of esters is 1. The van der Waals surface area contributed by atoms with E-state index in [9.17, 15) is 18.4 Å². The summed E-state index contributed by atoms with van der Waals surface area (Å²) in [5.41, 5.74) is 0.546. The van der Waals surface area contributed by atoms with Gasteiger partial charge in [0.2, 0.25) is 0 Å². The van der Waals surface area contributed by atoms with Gasteiger partial charge in [0, 0.05) is 12.1 Å². The summed E-state index contributed by atoms with van der Waals surface area (Å²) in [7, 11) is 3.67. The van der Waals surface area contributed by atoms with E-state index in [1.165, 1.54) is 6.07 Å². The minimum Gasteiger partial charge on any atom is -0.462 e. The maximum Gasteiger partial charge on any atom is 0.415 e. The molecule has 0 aliphatic heterocycles. The van der Waals surface area contributed by atoms with Crippen LogP contribution in [0, 0.1) is 11.6 Å². The molecule has 0 bridgehead atoms. The molecule has 0 saturated heterocycles. The predicted molar refractivity (Wildman–Crippen MR) is 107 cm³/mol. The van der Waals surface area contributed by atoms with E-state index in [2.05, 4.69) is 0 Å². The quantitative estimate of drug-likeness (QED) is 0.585. The monoisotopic (exact) mass is 426 g/mol. The number of carbonyl (C=O) groups excluding carboxylic acids is 2. The maximum absolute atomic E-state index is 14.2. The highest BCUT2D eigenvalue weighted by Crippen LogP contribution is 2.35. The van der Waals surface area contributed by atoms with Gasteiger partial charge < -0.3 is 14.4 Å². The predicted octanol–water partition coefficient (Wildman–Crippen LogP) is 4.43. The Morgan fingerprint density at radius 2 is 1.66 bits per heavy atom. The third-order valence-electron chi connectivity index (χ3n) is 3.93. The number of hydrogen-bond acceptors (Lipinski definition) is 6. The fourth-order valence-corrected chi connectivity index (χ4v) is 3.77. The molecule has 1 heterocycles. The first-order valence-corrected chi connectivity index (χ1v) is 9.97. The summed E-state index contributed by atoms with van der Waals surface area (Å²) in [6.07, 6.45) is -0.807. The molecule has 9 heteroatoms. The van der Waals surface area contributed by atoms with Crippen LogP contribution in [0.1, 0.15) is 35.3 Å². The Morgan fingerprint density at radius 1 is 1.03 bits per heavy atom. The lowest BCUT2D eigenvalue weighted by Crippen LogP contribution is -2.32. The van der Waals surface area contributed by atoms with E-state index < -0.39 is 30.2 Å². The first-order valence-electron chi connectivity index (χ1n) is 9.09. The van der Waals surface area contributed by atoms with Crippen molar-refractivity contribution in [3.05, 3.63) is 51.9 Å². The van der Waals surface area contributed by atoms with Crippen LogP contribution >= 0.6 is 11.3 Å². The summed E-state index contributed by atoms with van der Waals surface area (Å²) in [5.74, 6) is -2.19. The van der Waals surface area contributed by atoms with Crippen LogP contribution in [0.5, 0.6) is 0 Å². The molecule has 0 saturated carbocycles. The Balaban J connectivity index is 2.57. The van der Waals surface area contributed by atoms with Crippen molar-refractivity contribution in [1.29, 1.82) is 0 Å². The van der Waals surface area contributed by atoms with Crippen LogP contribution < -0.4 is 4.90 Å². The molecule has 6 nitrogen and oxygen atoms in total. The number of nitrogens with zero attached hydrogens (tertiary/aromatic N) is 2. The molecule has 2 rings (SSSR count). The van der Waals surface area contributed by atoms with Gasteiger partial charge in [-0.05, 0) is 51.0 Å². The van der Waals surface area contributed by atoms with Crippen LogP contribution in [-0.4, -0.2) is 44.3 Å². The van der Waals surface area contributed by atoms with Gasteiger partial charge in [-0.2, -0.15) is 0 Å². The highest BCUT2D eigenvalue weighted by atomic mass is 32.1. The molecule has 0 aliphatic rings. The van der Waals surface area contributed by atoms with Crippen molar-refractivity contribution in [2.45, 2.75) is 26.9 Å². The minimum atomic E-state index is -0.807. The SMILES string of the molecule is CCOC(=O)c1c(CN(C)C)csc1N(Cc1c(F)cccc1F)C(=O)OCC. The van der Waals surface area contributed by atoms with Gasteiger partial charge in [-0.1, -0.05) is 6.07 Å². The number of anilines is 1. The van der Waals surface area contributed by atoms with Gasteiger partial charge in [0.05, 0.1) is 25.3 Å². The molecule has 29 heavy (non-hydrogen) atoms. The van der Waals surface area contributed by atoms with Crippen LogP contribution in [-0.2, 0) is 22.6 Å². The Labute approximate surface area is 172 Å². The van der Waals surface area contributed by atoms with Gasteiger partial charge in [-0.25, -0.2) is 18.4 Å². The van der Waals surface area contributed by atoms with Gasteiger partial charge >= 0.3 is 12.1 Å². The Morgan fingerprint density at radius 3 is 2.21 bits per heavy atom. The first-order chi connectivity index (χ1) is 13.8. The number of thiophene rings is 1. The average molecular weight is 426 g/mol. The van der Waals surface area contributed by atoms with Crippen LogP contribution in [0.25, 0.3) is 0 Å². The zero-order chi connectivity index (χ0) is 21.6. The van der Waals surface area contributed by atoms with Crippen molar-refractivity contribution in [2.75, 3.05) is 32.2 Å². The molecule has 158 valence electrons. The number of carbonyl (C=O) groups is 2. The molecule has 1 amide bonds. The largest absolute Gasteiger partial charge is 0.462 e. The van der Waals surface area contributed by atoms with E-state index >= 15 is 0 Å². The standard InChI is InChI=1S/C20H24F2N2O4S/c1-5-27-19(25)17-13(10-23(3)4)12-29-18(17)24(20(26)28-6-2)11-14-15(21)8-7-9-16(14)22/h7-9,12H,5-6,10-11H2,1-4H3. The van der Waals surface area contributed by atoms with E-state index in [-0.39, 0.29) is 29.3 Å². The van der Waals surface area contributed by atoms with E-state index in [1.54, 1.807) is 19.2 Å². The van der Waals surface area contributed by atoms with Gasteiger partial charge in [0.25, 0.3) is 0 Å². The summed E-state index contributed by atoms with van der Waals surface area (Å²) in [4.78, 5) is 28.2. The van der Waals surface area contributed by atoms with E-state index in [0.29, 0.717) is 12.1 Å². The van der Waals surface area contributed by atoms with Crippen LogP contribution in [0.2, 0.25) is 0 Å². The number of halogens is 2. The van der Waals surface area contributed by atoms with E-state index in [4.69, 9.17) is 9.47 Å². The molecule has 2 aromatic rings. The van der Waals surface area contributed by atoms with Gasteiger partial charge in [0.1, 0.15) is 16.6 Å². The van der Waals surface area contributed by atoms with E-state index in [0.717, 1.165) is 28.4 Å². The smallest absolute Gasteiger partial charge is 0.415 e. The minimum absolute atomic E-state index is 0.0692. The highest BCUT2D eigenvalue weighted by molar-refractivity contribution is 7.15. The number of hydrogen-bond donors (Lipinski definition) is 0. The second kappa shape index (κ2) is 10.3. The number of rotatable bonds is 8. The summed E-state index contributed by atoms with van der Waals surface area (Å²) in [5, 5.41) is 1.95. The van der Waals surface area contributed by atoms with Crippen LogP contribution in [0.3, 0.4) is 0 Å². The molecule has 0 aliphatic carbocycles. The lowest BCUT2D eigenvalue weighted by Gasteiger charge is -2.22. The lowest BCUT2D eigenvalue weighted by molar-refractivity contribution is 0.0526. The van der Waals surface area contributed by atoms with Gasteiger partial charge in [0.15, 0.2) is 0 Å². The first kappa shape index (κ1) is 22.8. The summed E-state index contributed by atoms with van der Waals surface area (Å²) in [6.45, 7) is 3.52. The highest BCUT2D eigenvalue weighted by Gasteiger charge is 2.30. The van der Waals surface area contributed by atoms with Crippen molar-refractivity contribution in [3.63, 3.8) is 0 Å². The van der Waals surface area contributed by atoms with Gasteiger partial charge in [-0.15, -0.1) is 11.3 Å². The molecule has 1 aromatic heterocycles. The van der Waals surface area contributed by atoms with Crippen LogP contribution in [0.15, 0.2) is 23.6 Å². The zero-order valence-corrected chi connectivity index (χ0v) is 17.6. The normalized spacial score (nSPS) is 10.9. The molecule has 0 atom stereocenters. The van der Waals surface area contributed by atoms with Crippen molar-refractivity contribution in [2.24, 2.45) is 0 Å². The summed E-state index contributed by atoms with van der Waals surface area (Å²) >= 11 is 1.12. The summed E-state index contributed by atoms with van der Waals surface area (Å²) in [6, 6.07) is 3.47. The topological polar surface area (TPSA) is 59.1 Å². The van der Waals surface area contributed by atoms with Crippen molar-refractivity contribution in [3.8, 4) is 0 Å². The molecule has 1 aromatic carbocycles. The van der Waals surface area contributed by atoms with E-state index in [1.807, 2.05) is 19.0 Å². The zero-order valence-electron chi connectivity index (χ0n) is 16.8. The molecular weight excluding hydrogens is 402 g/mol. The Hall–Kier alpha value is -2.52. The van der Waals surface area contributed by atoms with Crippen molar-refractivity contribution >= 4 is 28.4 Å². The third kappa shape index (κ3) is 5.51. The summed E-state index contributed by atoms with van der Waals surface area (Å²) < 4.78 is 38.7. The molecule has 0 radical (unpaired) electrons. The molecule has 0 fully saturated rings. The van der Waals surface area contributed by atoms with Crippen molar-refractivity contribution < 1.29 is 27.8 Å². The molecule has 0 N–H and O–H groups in total. The van der Waals surface area contributed by atoms with Crippen LogP contribution in [0.4, 0.5) is 18.6 Å². The average Bonchev–Trinajstić information content (AvgIpc) is 3.04. The fourth-order valence-electron chi connectivity index (χ4n) is 2.72. The number of ether oxygens (including phenoxy) is 2. The maximum atomic E-state index is 14.2. The second-order valence-corrected chi connectivity index (χ2v) is 7.24. The molecule has 0 spiro atoms. The Bertz CT molecular complexity index is 850. The number of benzene rings is 1. The molecule has 0 unspecified atom stereocenters. The third-order valence-corrected chi connectivity index (χ3v) is 4.98. The van der Waals surface area contributed by atoms with Crippen molar-refractivity contribution in [1.82, 2.24) is 4.90 Å². The number of amides is 1. The Kier molecular flexibility index (Phi) is 8.10. The fraction of sp³-hybridized carbons (Fsp3) is 0.400.